The molecule has 4 rings (SSSR count). The minimum Gasteiger partial charge on any atom is -0.343 e. The van der Waals surface area contributed by atoms with Gasteiger partial charge in [-0.15, -0.1) is 12.1 Å². The Bertz CT molecular complexity index is 1320. The summed E-state index contributed by atoms with van der Waals surface area (Å²) in [6.45, 7) is 3.86. The third kappa shape index (κ3) is 5.17. The summed E-state index contributed by atoms with van der Waals surface area (Å²) in [4.78, 5) is 12.4. The Hall–Kier alpha value is -3.00. The van der Waals surface area contributed by atoms with Gasteiger partial charge in [0.1, 0.15) is 11.9 Å². The SMILES string of the molecule is CCC(CC)(c1cccc(-c2[c-]cc(F)nc2F)n1)c1cccc(-n2[c-]cc(C(F)(F)F)n2)n1.[Pt+2]. The molecule has 35 heavy (non-hydrogen) atoms. The summed E-state index contributed by atoms with van der Waals surface area (Å²) in [6, 6.07) is 14.2. The summed E-state index contributed by atoms with van der Waals surface area (Å²) >= 11 is 0. The third-order valence-corrected chi connectivity index (χ3v) is 5.71. The fourth-order valence-corrected chi connectivity index (χ4v) is 3.85. The van der Waals surface area contributed by atoms with Crippen LogP contribution in [0.5, 0.6) is 0 Å². The van der Waals surface area contributed by atoms with Gasteiger partial charge in [0, 0.05) is 11.4 Å². The number of alkyl halides is 3. The Morgan fingerprint density at radius 3 is 2.11 bits per heavy atom. The minimum absolute atomic E-state index is 0. The molecule has 0 aliphatic rings. The van der Waals surface area contributed by atoms with E-state index in [4.69, 9.17) is 0 Å². The van der Waals surface area contributed by atoms with Gasteiger partial charge in [-0.25, -0.2) is 8.78 Å². The molecule has 4 aromatic heterocycles. The number of aromatic nitrogens is 5. The summed E-state index contributed by atoms with van der Waals surface area (Å²) in [6.07, 6.45) is -1.06. The number of halogens is 5. The van der Waals surface area contributed by atoms with Gasteiger partial charge < -0.3 is 9.67 Å². The first-order valence-electron chi connectivity index (χ1n) is 10.4. The molecule has 0 fully saturated rings. The molecule has 0 N–H and O–H groups in total. The molecule has 0 spiro atoms. The molecule has 4 heterocycles. The number of hydrogen-bond donors (Lipinski definition) is 0. The van der Waals surface area contributed by atoms with Crippen molar-refractivity contribution in [2.75, 3.05) is 0 Å². The van der Waals surface area contributed by atoms with Gasteiger partial charge in [-0.1, -0.05) is 55.9 Å². The number of nitrogens with zero attached hydrogens (tertiary/aromatic N) is 5. The first-order valence-corrected chi connectivity index (χ1v) is 10.4. The normalized spacial score (nSPS) is 11.9. The molecule has 4 aromatic rings. The second kappa shape index (κ2) is 10.3. The quantitative estimate of drug-likeness (QED) is 0.150. The van der Waals surface area contributed by atoms with Gasteiger partial charge in [-0.2, -0.15) is 13.2 Å². The van der Waals surface area contributed by atoms with E-state index in [0.29, 0.717) is 24.2 Å². The Morgan fingerprint density at radius 2 is 1.51 bits per heavy atom. The molecule has 5 nitrogen and oxygen atoms in total. The van der Waals surface area contributed by atoms with Crippen molar-refractivity contribution in [1.82, 2.24) is 24.7 Å². The van der Waals surface area contributed by atoms with Crippen molar-refractivity contribution < 1.29 is 43.0 Å². The van der Waals surface area contributed by atoms with E-state index >= 15 is 0 Å². The molecule has 0 aromatic carbocycles. The van der Waals surface area contributed by atoms with Crippen LogP contribution < -0.4 is 0 Å². The van der Waals surface area contributed by atoms with Gasteiger partial charge in [-0.05, 0) is 30.7 Å². The van der Waals surface area contributed by atoms with Gasteiger partial charge in [0.25, 0.3) is 0 Å². The van der Waals surface area contributed by atoms with E-state index in [9.17, 15) is 22.0 Å². The van der Waals surface area contributed by atoms with E-state index in [2.05, 4.69) is 32.3 Å². The van der Waals surface area contributed by atoms with Gasteiger partial charge in [0.05, 0.1) is 16.9 Å². The zero-order valence-corrected chi connectivity index (χ0v) is 20.7. The number of hydrogen-bond acceptors (Lipinski definition) is 4. The Labute approximate surface area is 212 Å². The topological polar surface area (TPSA) is 56.5 Å². The van der Waals surface area contributed by atoms with Crippen molar-refractivity contribution in [2.45, 2.75) is 38.3 Å². The maximum Gasteiger partial charge on any atom is 2.00 e. The van der Waals surface area contributed by atoms with Crippen LogP contribution in [0.2, 0.25) is 0 Å². The smallest absolute Gasteiger partial charge is 0.343 e. The van der Waals surface area contributed by atoms with Gasteiger partial charge in [0.2, 0.25) is 0 Å². The number of pyridine rings is 3. The maximum atomic E-state index is 14.2. The zero-order chi connectivity index (χ0) is 24.5. The predicted octanol–water partition coefficient (Wildman–Crippen LogP) is 5.73. The third-order valence-electron chi connectivity index (χ3n) is 5.71. The van der Waals surface area contributed by atoms with E-state index in [0.717, 1.165) is 16.8 Å². The summed E-state index contributed by atoms with van der Waals surface area (Å²) in [5.74, 6) is -1.85. The molecule has 11 heteroatoms. The minimum atomic E-state index is -4.60. The molecule has 0 saturated carbocycles. The van der Waals surface area contributed by atoms with E-state index < -0.39 is 29.2 Å². The Morgan fingerprint density at radius 1 is 0.857 bits per heavy atom. The van der Waals surface area contributed by atoms with Crippen LogP contribution >= 0.6 is 0 Å². The van der Waals surface area contributed by atoms with E-state index in [-0.39, 0.29) is 38.1 Å². The molecule has 0 saturated heterocycles. The first-order chi connectivity index (χ1) is 16.2. The fraction of sp³-hybridized carbons (Fsp3) is 0.250. The summed E-state index contributed by atoms with van der Waals surface area (Å²) < 4.78 is 67.3. The van der Waals surface area contributed by atoms with Crippen LogP contribution in [0.4, 0.5) is 22.0 Å². The second-order valence-electron chi connectivity index (χ2n) is 7.54. The molecule has 0 unspecified atom stereocenters. The molecule has 0 bridgehead atoms. The van der Waals surface area contributed by atoms with Crippen LogP contribution in [0.25, 0.3) is 17.1 Å². The largest absolute Gasteiger partial charge is 2.00 e. The van der Waals surface area contributed by atoms with Crippen molar-refractivity contribution in [3.05, 3.63) is 89.8 Å². The monoisotopic (exact) mass is 666 g/mol. The molecule has 0 amide bonds. The molecular weight excluding hydrogens is 648 g/mol. The van der Waals surface area contributed by atoms with Crippen LogP contribution in [0.15, 0.2) is 48.5 Å². The molecule has 184 valence electrons. The molecule has 0 radical (unpaired) electrons. The van der Waals surface area contributed by atoms with E-state index in [1.54, 1.807) is 30.3 Å². The van der Waals surface area contributed by atoms with Crippen molar-refractivity contribution in [3.8, 4) is 17.1 Å². The van der Waals surface area contributed by atoms with Gasteiger partial charge >= 0.3 is 27.2 Å². The predicted molar refractivity (Wildman–Crippen MR) is 113 cm³/mol. The van der Waals surface area contributed by atoms with Gasteiger partial charge in [-0.3, -0.25) is 15.1 Å². The Balaban J connectivity index is 0.00000342. The molecule has 0 aliphatic carbocycles. The summed E-state index contributed by atoms with van der Waals surface area (Å²) in [7, 11) is 0. The van der Waals surface area contributed by atoms with Crippen molar-refractivity contribution in [2.24, 2.45) is 0 Å². The van der Waals surface area contributed by atoms with Gasteiger partial charge in [0.15, 0.2) is 0 Å². The second-order valence-corrected chi connectivity index (χ2v) is 7.54. The van der Waals surface area contributed by atoms with E-state index in [1.165, 1.54) is 6.07 Å². The average Bonchev–Trinajstić information content (AvgIpc) is 3.32. The van der Waals surface area contributed by atoms with Crippen LogP contribution in [0.1, 0.15) is 43.8 Å². The average molecular weight is 667 g/mol. The summed E-state index contributed by atoms with van der Waals surface area (Å²) in [5, 5.41) is 3.54. The van der Waals surface area contributed by atoms with Crippen molar-refractivity contribution in [3.63, 3.8) is 0 Å². The van der Waals surface area contributed by atoms with Crippen molar-refractivity contribution in [1.29, 1.82) is 0 Å². The molecule has 0 atom stereocenters. The van der Waals surface area contributed by atoms with Crippen molar-refractivity contribution >= 4 is 0 Å². The fourth-order valence-electron chi connectivity index (χ4n) is 3.85. The number of rotatable bonds is 6. The first kappa shape index (κ1) is 26.6. The van der Waals surface area contributed by atoms with E-state index in [1.807, 2.05) is 13.8 Å². The Kier molecular flexibility index (Phi) is 7.84. The van der Waals surface area contributed by atoms with Crippen LogP contribution in [0.3, 0.4) is 0 Å². The maximum absolute atomic E-state index is 14.2. The standard InChI is InChI=1S/C24H18F5N5.Pt/c1-3-23(4-2,17-8-5-7-16(30-17)15-11-12-20(25)32-22(15)26)18-9-6-10-21(31-18)34-14-13-19(33-34)24(27,28)29;/h5-10,12-13H,3-4H2,1-2H3;/q-2;+2. The zero-order valence-electron chi connectivity index (χ0n) is 18.5. The summed E-state index contributed by atoms with van der Waals surface area (Å²) in [5.41, 5.74) is -0.541. The molecule has 0 aliphatic heterocycles. The van der Waals surface area contributed by atoms with Crippen LogP contribution in [-0.2, 0) is 32.7 Å². The van der Waals surface area contributed by atoms with Crippen LogP contribution in [-0.4, -0.2) is 24.7 Å². The van der Waals surface area contributed by atoms with Crippen LogP contribution in [0, 0.1) is 24.2 Å². The molecular formula is C24H18F5N5Pt.